The summed E-state index contributed by atoms with van der Waals surface area (Å²) in [5.41, 5.74) is 4.72. The molecule has 0 bridgehead atoms. The molecule has 0 aromatic heterocycles. The van der Waals surface area contributed by atoms with Gasteiger partial charge in [0.25, 0.3) is 0 Å². The molecule has 0 aromatic carbocycles. The molecule has 0 spiro atoms. The molecular formula is C4H4NO3. The largest absolute Gasteiger partial charge is 0.367 e. The highest BCUT2D eigenvalue weighted by Crippen LogP contribution is 2.17. The van der Waals surface area contributed by atoms with Crippen LogP contribution in [0.15, 0.2) is 0 Å². The predicted octanol–water partition coefficient (Wildman–Crippen LogP) is -1.65. The molecule has 1 heterocycles. The molecule has 1 saturated heterocycles. The topological polar surface area (TPSA) is 72.7 Å². The molecule has 0 aromatic rings. The molecule has 2 N–H and O–H groups in total. The lowest BCUT2D eigenvalue weighted by Crippen LogP contribution is -2.19. The minimum atomic E-state index is -0.701. The summed E-state index contributed by atoms with van der Waals surface area (Å²) < 4.78 is 4.43. The highest BCUT2D eigenvalue weighted by molar-refractivity contribution is 5.87. The van der Waals surface area contributed by atoms with Crippen LogP contribution in [0, 0.1) is 0 Å². The number of hydrogen-bond acceptors (Lipinski definition) is 3. The minimum absolute atomic E-state index is 0.599. The van der Waals surface area contributed by atoms with Gasteiger partial charge >= 0.3 is 0 Å². The molecule has 1 rings (SSSR count). The smallest absolute Gasteiger partial charge is 0.249 e. The highest BCUT2D eigenvalue weighted by atomic mass is 16.6. The van der Waals surface area contributed by atoms with Crippen molar-refractivity contribution in [1.82, 2.24) is 0 Å². The average molecular weight is 114 g/mol. The van der Waals surface area contributed by atoms with E-state index in [1.54, 1.807) is 0 Å². The number of primary amides is 1. The zero-order chi connectivity index (χ0) is 6.15. The molecule has 1 amide bonds. The summed E-state index contributed by atoms with van der Waals surface area (Å²) in [5.74, 6) is -0.599. The highest BCUT2D eigenvalue weighted by Gasteiger charge is 2.44. The van der Waals surface area contributed by atoms with Crippen molar-refractivity contribution in [2.24, 2.45) is 5.73 Å². The number of nitrogens with two attached hydrogens (primary N) is 1. The Hall–Kier alpha value is -0.900. The third-order valence-corrected chi connectivity index (χ3v) is 0.888. The zero-order valence-corrected chi connectivity index (χ0v) is 3.96. The van der Waals surface area contributed by atoms with E-state index in [2.05, 4.69) is 4.74 Å². The molecule has 4 heteroatoms. The van der Waals surface area contributed by atoms with Crippen LogP contribution in [-0.4, -0.2) is 24.4 Å². The summed E-state index contributed by atoms with van der Waals surface area (Å²) in [5, 5.41) is 0. The van der Waals surface area contributed by atoms with Crippen molar-refractivity contribution in [3.8, 4) is 0 Å². The van der Waals surface area contributed by atoms with E-state index in [1.165, 1.54) is 6.29 Å². The Labute approximate surface area is 45.6 Å². The van der Waals surface area contributed by atoms with Crippen molar-refractivity contribution in [1.29, 1.82) is 0 Å². The average Bonchev–Trinajstić information content (AvgIpc) is 2.42. The van der Waals surface area contributed by atoms with E-state index in [0.29, 0.717) is 0 Å². The monoisotopic (exact) mass is 114 g/mol. The number of epoxide rings is 1. The molecule has 1 radical (unpaired) electrons. The Kier molecular flexibility index (Phi) is 1.02. The van der Waals surface area contributed by atoms with Crippen LogP contribution in [0.25, 0.3) is 0 Å². The first-order valence-corrected chi connectivity index (χ1v) is 2.08. The Morgan fingerprint density at radius 3 is 2.50 bits per heavy atom. The van der Waals surface area contributed by atoms with Crippen molar-refractivity contribution >= 4 is 12.2 Å². The molecule has 1 aliphatic heterocycles. The van der Waals surface area contributed by atoms with E-state index in [-0.39, 0.29) is 0 Å². The summed E-state index contributed by atoms with van der Waals surface area (Å²) >= 11 is 0. The van der Waals surface area contributed by atoms with Crippen molar-refractivity contribution < 1.29 is 14.3 Å². The van der Waals surface area contributed by atoms with Crippen LogP contribution in [0.2, 0.25) is 0 Å². The van der Waals surface area contributed by atoms with Crippen LogP contribution >= 0.6 is 0 Å². The van der Waals surface area contributed by atoms with E-state index >= 15 is 0 Å². The first-order valence-electron chi connectivity index (χ1n) is 2.08. The maximum absolute atomic E-state index is 10.0. The van der Waals surface area contributed by atoms with Gasteiger partial charge in [0.2, 0.25) is 12.2 Å². The lowest BCUT2D eigenvalue weighted by Gasteiger charge is -1.75. The van der Waals surface area contributed by atoms with Crippen molar-refractivity contribution in [3.63, 3.8) is 0 Å². The Morgan fingerprint density at radius 1 is 1.75 bits per heavy atom. The van der Waals surface area contributed by atoms with E-state index in [1.807, 2.05) is 0 Å². The summed E-state index contributed by atoms with van der Waals surface area (Å²) in [6, 6.07) is 0. The second-order valence-electron chi connectivity index (χ2n) is 1.50. The third-order valence-electron chi connectivity index (χ3n) is 0.888. The van der Waals surface area contributed by atoms with Gasteiger partial charge in [-0.2, -0.15) is 0 Å². The van der Waals surface area contributed by atoms with E-state index in [9.17, 15) is 9.59 Å². The maximum Gasteiger partial charge on any atom is 0.249 e. The summed E-state index contributed by atoms with van der Waals surface area (Å²) in [4.78, 5) is 19.7. The van der Waals surface area contributed by atoms with Gasteiger partial charge in [-0.15, -0.1) is 0 Å². The lowest BCUT2D eigenvalue weighted by atomic mass is 10.3. The van der Waals surface area contributed by atoms with Gasteiger partial charge in [0.15, 0.2) is 12.2 Å². The standard InChI is InChI=1S/C4H4NO3/c5-4(7)3-2(1-6)8-3/h2-3H,(H2,5,7). The minimum Gasteiger partial charge on any atom is -0.367 e. The molecule has 43 valence electrons. The molecule has 8 heavy (non-hydrogen) atoms. The number of rotatable bonds is 2. The maximum atomic E-state index is 10.0. The van der Waals surface area contributed by atoms with Crippen LogP contribution in [0.4, 0.5) is 0 Å². The number of ether oxygens (including phenoxy) is 1. The second kappa shape index (κ2) is 1.56. The molecular weight excluding hydrogens is 110 g/mol. The van der Waals surface area contributed by atoms with E-state index in [0.717, 1.165) is 0 Å². The van der Waals surface area contributed by atoms with Crippen LogP contribution in [-0.2, 0) is 14.3 Å². The second-order valence-corrected chi connectivity index (χ2v) is 1.50. The van der Waals surface area contributed by atoms with Crippen LogP contribution in [0.1, 0.15) is 0 Å². The van der Waals surface area contributed by atoms with Crippen LogP contribution in [0.3, 0.4) is 0 Å². The van der Waals surface area contributed by atoms with Gasteiger partial charge < -0.3 is 10.5 Å². The number of carbonyl (C=O) groups is 1. The zero-order valence-electron chi connectivity index (χ0n) is 3.96. The molecule has 4 nitrogen and oxygen atoms in total. The number of carbonyl (C=O) groups excluding carboxylic acids is 2. The molecule has 1 fully saturated rings. The van der Waals surface area contributed by atoms with Crippen molar-refractivity contribution in [3.05, 3.63) is 0 Å². The summed E-state index contributed by atoms with van der Waals surface area (Å²) in [7, 11) is 0. The van der Waals surface area contributed by atoms with E-state index < -0.39 is 18.1 Å². The van der Waals surface area contributed by atoms with Gasteiger partial charge in [-0.1, -0.05) is 0 Å². The lowest BCUT2D eigenvalue weighted by molar-refractivity contribution is -0.119. The van der Waals surface area contributed by atoms with Crippen molar-refractivity contribution in [2.45, 2.75) is 12.2 Å². The van der Waals surface area contributed by atoms with Gasteiger partial charge in [0.05, 0.1) is 0 Å². The third kappa shape index (κ3) is 0.696. The van der Waals surface area contributed by atoms with Crippen LogP contribution < -0.4 is 5.73 Å². The summed E-state index contributed by atoms with van der Waals surface area (Å²) in [6.45, 7) is 0. The van der Waals surface area contributed by atoms with Gasteiger partial charge in [0.1, 0.15) is 0 Å². The molecule has 2 atom stereocenters. The molecule has 0 saturated carbocycles. The fourth-order valence-corrected chi connectivity index (χ4v) is 0.418. The summed E-state index contributed by atoms with van der Waals surface area (Å²) in [6.07, 6.45) is 0.108. The fraction of sp³-hybridized carbons (Fsp3) is 0.500. The quantitative estimate of drug-likeness (QED) is 0.437. The molecule has 2 unspecified atom stereocenters. The Morgan fingerprint density at radius 2 is 2.38 bits per heavy atom. The van der Waals surface area contributed by atoms with Gasteiger partial charge in [-0.05, 0) is 0 Å². The van der Waals surface area contributed by atoms with E-state index in [4.69, 9.17) is 5.73 Å². The fourth-order valence-electron chi connectivity index (χ4n) is 0.418. The molecule has 0 aliphatic carbocycles. The Balaban J connectivity index is 2.36. The Bertz CT molecular complexity index is 133. The van der Waals surface area contributed by atoms with Crippen LogP contribution in [0.5, 0.6) is 0 Å². The SMILES string of the molecule is NC(=O)C1OC1[C]=O. The number of hydrogen-bond donors (Lipinski definition) is 1. The van der Waals surface area contributed by atoms with Gasteiger partial charge in [0, 0.05) is 0 Å². The molecule has 1 aliphatic rings. The van der Waals surface area contributed by atoms with Crippen molar-refractivity contribution in [2.75, 3.05) is 0 Å². The number of amides is 1. The normalized spacial score (nSPS) is 34.0. The predicted molar refractivity (Wildman–Crippen MR) is 23.5 cm³/mol. The van der Waals surface area contributed by atoms with Gasteiger partial charge in [-0.3, -0.25) is 9.59 Å². The first-order chi connectivity index (χ1) is 3.75. The first kappa shape index (κ1) is 5.24. The van der Waals surface area contributed by atoms with Gasteiger partial charge in [-0.25, -0.2) is 0 Å².